The molecule has 0 aliphatic carbocycles. The van der Waals surface area contributed by atoms with Gasteiger partial charge in [0.15, 0.2) is 0 Å². The summed E-state index contributed by atoms with van der Waals surface area (Å²) in [6, 6.07) is 0. The zero-order valence-corrected chi connectivity index (χ0v) is 9.44. The van der Waals surface area contributed by atoms with E-state index in [4.69, 9.17) is 5.11 Å². The highest BCUT2D eigenvalue weighted by Crippen LogP contribution is 2.25. The van der Waals surface area contributed by atoms with Crippen LogP contribution in [0.4, 0.5) is 0 Å². The van der Waals surface area contributed by atoms with E-state index in [9.17, 15) is 9.59 Å². The van der Waals surface area contributed by atoms with E-state index in [0.29, 0.717) is 22.8 Å². The molecule has 1 aliphatic rings. The van der Waals surface area contributed by atoms with Gasteiger partial charge in [0.25, 0.3) is 0 Å². The van der Waals surface area contributed by atoms with Crippen LogP contribution < -0.4 is 5.32 Å². The first-order valence-corrected chi connectivity index (χ1v) is 5.06. The van der Waals surface area contributed by atoms with Crippen LogP contribution in [0, 0.1) is 13.8 Å². The number of nitrogens with one attached hydrogen (secondary N) is 1. The molecule has 6 nitrogen and oxygen atoms in total. The monoisotopic (exact) mass is 233 g/mol. The van der Waals surface area contributed by atoms with Crippen LogP contribution in [-0.4, -0.2) is 27.0 Å². The molecule has 0 fully saturated rings. The van der Waals surface area contributed by atoms with Crippen molar-refractivity contribution in [2.24, 2.45) is 0 Å². The highest BCUT2D eigenvalue weighted by atomic mass is 16.4. The first kappa shape index (κ1) is 11.3. The van der Waals surface area contributed by atoms with Crippen molar-refractivity contribution in [1.82, 2.24) is 15.3 Å². The number of hydrogen-bond donors (Lipinski definition) is 2. The van der Waals surface area contributed by atoms with Crippen LogP contribution in [0.3, 0.4) is 0 Å². The Hall–Kier alpha value is -2.24. The Bertz CT molecular complexity index is 549. The van der Waals surface area contributed by atoms with Gasteiger partial charge in [-0.1, -0.05) is 0 Å². The Labute approximate surface area is 97.4 Å². The Morgan fingerprint density at radius 2 is 2.18 bits per heavy atom. The minimum Gasteiger partial charge on any atom is -0.478 e. The lowest BCUT2D eigenvalue weighted by molar-refractivity contribution is -0.133. The molecule has 0 atom stereocenters. The van der Waals surface area contributed by atoms with E-state index in [2.05, 4.69) is 15.3 Å². The van der Waals surface area contributed by atoms with Gasteiger partial charge in [0.2, 0.25) is 5.91 Å². The smallest absolute Gasteiger partial charge is 0.334 e. The summed E-state index contributed by atoms with van der Waals surface area (Å²) in [5.41, 5.74) is 1.57. The standard InChI is InChI=1S/C11H11N3O3/c1-5-8(4-12-6(2)13-5)10-7(11(16)17)3-9(15)14-10/h4H,3H2,1-2H3,(H,14,15)(H,16,17). The number of nitrogens with zero attached hydrogens (tertiary/aromatic N) is 2. The van der Waals surface area contributed by atoms with Crippen LogP contribution in [0.1, 0.15) is 23.5 Å². The Morgan fingerprint density at radius 3 is 2.76 bits per heavy atom. The van der Waals surface area contributed by atoms with Gasteiger partial charge in [-0.2, -0.15) is 0 Å². The van der Waals surface area contributed by atoms with Crippen LogP contribution in [0.5, 0.6) is 0 Å². The van der Waals surface area contributed by atoms with Crippen molar-refractivity contribution >= 4 is 17.6 Å². The molecule has 1 aromatic heterocycles. The molecule has 17 heavy (non-hydrogen) atoms. The molecule has 0 aromatic carbocycles. The van der Waals surface area contributed by atoms with Crippen molar-refractivity contribution in [3.8, 4) is 0 Å². The predicted octanol–water partition coefficient (Wildman–Crippen LogP) is 0.409. The van der Waals surface area contributed by atoms with Gasteiger partial charge in [0.05, 0.1) is 23.4 Å². The number of hydrogen-bond acceptors (Lipinski definition) is 4. The third kappa shape index (κ3) is 2.01. The fraction of sp³-hybridized carbons (Fsp3) is 0.273. The molecule has 1 aromatic rings. The first-order valence-electron chi connectivity index (χ1n) is 5.06. The molecule has 0 radical (unpaired) electrons. The second kappa shape index (κ2) is 3.97. The largest absolute Gasteiger partial charge is 0.478 e. The van der Waals surface area contributed by atoms with Gasteiger partial charge >= 0.3 is 5.97 Å². The molecule has 1 amide bonds. The minimum atomic E-state index is -1.10. The van der Waals surface area contributed by atoms with Crippen molar-refractivity contribution in [2.45, 2.75) is 20.3 Å². The molecule has 0 spiro atoms. The average molecular weight is 233 g/mol. The molecule has 0 unspecified atom stereocenters. The molecule has 2 rings (SSSR count). The van der Waals surface area contributed by atoms with Crippen molar-refractivity contribution in [2.75, 3.05) is 0 Å². The first-order chi connectivity index (χ1) is 7.99. The van der Waals surface area contributed by atoms with Crippen LogP contribution >= 0.6 is 0 Å². The molecule has 0 saturated carbocycles. The lowest BCUT2D eigenvalue weighted by Gasteiger charge is -2.07. The van der Waals surface area contributed by atoms with E-state index < -0.39 is 5.97 Å². The highest BCUT2D eigenvalue weighted by molar-refractivity contribution is 6.08. The quantitative estimate of drug-likeness (QED) is 0.771. The normalized spacial score (nSPS) is 15.1. The van der Waals surface area contributed by atoms with Gasteiger partial charge in [0.1, 0.15) is 5.82 Å². The molecule has 1 aliphatic heterocycles. The summed E-state index contributed by atoms with van der Waals surface area (Å²) >= 11 is 0. The van der Waals surface area contributed by atoms with Crippen molar-refractivity contribution in [1.29, 1.82) is 0 Å². The van der Waals surface area contributed by atoms with E-state index in [1.165, 1.54) is 6.20 Å². The number of aryl methyl sites for hydroxylation is 2. The maximum absolute atomic E-state index is 11.3. The third-order valence-corrected chi connectivity index (χ3v) is 2.53. The summed E-state index contributed by atoms with van der Waals surface area (Å²) < 4.78 is 0. The zero-order valence-electron chi connectivity index (χ0n) is 9.44. The van der Waals surface area contributed by atoms with Crippen LogP contribution in [0.15, 0.2) is 11.8 Å². The summed E-state index contributed by atoms with van der Waals surface area (Å²) in [4.78, 5) is 30.4. The number of carboxylic acid groups (broad SMARTS) is 1. The van der Waals surface area contributed by atoms with Gasteiger partial charge in [-0.15, -0.1) is 0 Å². The second-order valence-electron chi connectivity index (χ2n) is 3.80. The van der Waals surface area contributed by atoms with Gasteiger partial charge in [0, 0.05) is 11.8 Å². The molecular formula is C11H11N3O3. The minimum absolute atomic E-state index is 0.0607. The fourth-order valence-electron chi connectivity index (χ4n) is 1.75. The topological polar surface area (TPSA) is 92.2 Å². The fourth-order valence-corrected chi connectivity index (χ4v) is 1.75. The molecular weight excluding hydrogens is 222 g/mol. The van der Waals surface area contributed by atoms with Gasteiger partial charge in [-0.25, -0.2) is 14.8 Å². The number of carbonyl (C=O) groups excluding carboxylic acids is 1. The Kier molecular flexibility index (Phi) is 2.63. The number of aromatic nitrogens is 2. The molecule has 2 N–H and O–H groups in total. The Balaban J connectivity index is 2.54. The summed E-state index contributed by atoms with van der Waals surface area (Å²) in [5, 5.41) is 11.6. The number of amides is 1. The molecule has 0 saturated heterocycles. The molecule has 0 bridgehead atoms. The maximum Gasteiger partial charge on any atom is 0.334 e. The lowest BCUT2D eigenvalue weighted by atomic mass is 10.1. The van der Waals surface area contributed by atoms with Crippen molar-refractivity contribution < 1.29 is 14.7 Å². The lowest BCUT2D eigenvalue weighted by Crippen LogP contribution is -2.15. The second-order valence-corrected chi connectivity index (χ2v) is 3.80. The number of carboxylic acids is 1. The summed E-state index contributed by atoms with van der Waals surface area (Å²) in [6.07, 6.45) is 1.42. The van der Waals surface area contributed by atoms with Gasteiger partial charge < -0.3 is 10.4 Å². The van der Waals surface area contributed by atoms with Crippen LogP contribution in [-0.2, 0) is 9.59 Å². The zero-order chi connectivity index (χ0) is 12.6. The Morgan fingerprint density at radius 1 is 1.47 bits per heavy atom. The van der Waals surface area contributed by atoms with Gasteiger partial charge in [-0.05, 0) is 13.8 Å². The number of aliphatic carboxylic acids is 1. The SMILES string of the molecule is Cc1ncc(C2=C(C(=O)O)CC(=O)N2)c(C)n1. The average Bonchev–Trinajstić information content (AvgIpc) is 2.60. The third-order valence-electron chi connectivity index (χ3n) is 2.53. The van der Waals surface area contributed by atoms with Gasteiger partial charge in [-0.3, -0.25) is 4.79 Å². The maximum atomic E-state index is 11.3. The highest BCUT2D eigenvalue weighted by Gasteiger charge is 2.28. The predicted molar refractivity (Wildman–Crippen MR) is 58.8 cm³/mol. The number of rotatable bonds is 2. The molecule has 2 heterocycles. The van der Waals surface area contributed by atoms with Crippen molar-refractivity contribution in [3.05, 3.63) is 28.9 Å². The van der Waals surface area contributed by atoms with E-state index in [0.717, 1.165) is 0 Å². The van der Waals surface area contributed by atoms with Crippen molar-refractivity contribution in [3.63, 3.8) is 0 Å². The number of carbonyl (C=O) groups is 2. The van der Waals surface area contributed by atoms with E-state index in [-0.39, 0.29) is 17.9 Å². The summed E-state index contributed by atoms with van der Waals surface area (Å²) in [5.74, 6) is -0.816. The molecule has 88 valence electrons. The summed E-state index contributed by atoms with van der Waals surface area (Å²) in [6.45, 7) is 3.50. The van der Waals surface area contributed by atoms with E-state index in [1.54, 1.807) is 13.8 Å². The summed E-state index contributed by atoms with van der Waals surface area (Å²) in [7, 11) is 0. The van der Waals surface area contributed by atoms with Crippen LogP contribution in [0.2, 0.25) is 0 Å². The molecule has 6 heteroatoms. The van der Waals surface area contributed by atoms with E-state index >= 15 is 0 Å². The van der Waals surface area contributed by atoms with E-state index in [1.807, 2.05) is 0 Å². The van der Waals surface area contributed by atoms with Crippen LogP contribution in [0.25, 0.3) is 5.70 Å².